The molecule has 3 aliphatic rings. The lowest BCUT2D eigenvalue weighted by Crippen LogP contribution is -3.00. The second kappa shape index (κ2) is 14.5. The monoisotopic (exact) mass is 760 g/mol. The van der Waals surface area contributed by atoms with Gasteiger partial charge in [-0.2, -0.15) is 13.2 Å². The van der Waals surface area contributed by atoms with Gasteiger partial charge in [-0.15, -0.1) is 6.58 Å². The number of halogens is 4. The zero-order valence-corrected chi connectivity index (χ0v) is 30.3. The van der Waals surface area contributed by atoms with Crippen molar-refractivity contribution in [2.75, 3.05) is 13.1 Å². The van der Waals surface area contributed by atoms with Crippen LogP contribution in [-0.4, -0.2) is 33.7 Å². The Hall–Kier alpha value is -4.56. The first-order valence-electron chi connectivity index (χ1n) is 17.7. The molecule has 6 aromatic rings. The number of piperidine rings is 3. The minimum Gasteiger partial charge on any atom is -1.00 e. The molecular weight excluding hydrogens is 721 g/mol. The van der Waals surface area contributed by atoms with Crippen molar-refractivity contribution < 1.29 is 39.7 Å². The van der Waals surface area contributed by atoms with Gasteiger partial charge >= 0.3 is 6.18 Å². The molecule has 0 unspecified atom stereocenters. The van der Waals surface area contributed by atoms with E-state index in [0.717, 1.165) is 82.3 Å². The van der Waals surface area contributed by atoms with Crippen LogP contribution in [0.3, 0.4) is 0 Å². The van der Waals surface area contributed by atoms with Crippen molar-refractivity contribution in [3.63, 3.8) is 0 Å². The average molecular weight is 762 g/mol. The van der Waals surface area contributed by atoms with Gasteiger partial charge in [0.2, 0.25) is 0 Å². The fraction of sp³-hybridized carbons (Fsp3) is 0.222. The summed E-state index contributed by atoms with van der Waals surface area (Å²) in [6.45, 7) is 6.83. The number of fused-ring (bicyclic) bond motifs is 4. The third-order valence-corrected chi connectivity index (χ3v) is 11.3. The molecule has 5 atom stereocenters. The smallest absolute Gasteiger partial charge is 0.416 e. The van der Waals surface area contributed by atoms with Crippen LogP contribution >= 0.6 is 0 Å². The molecule has 9 rings (SSSR count). The predicted molar refractivity (Wildman–Crippen MR) is 198 cm³/mol. The molecule has 3 fully saturated rings. The van der Waals surface area contributed by atoms with Crippen LogP contribution in [0.1, 0.15) is 35.6 Å². The Morgan fingerprint density at radius 2 is 1.38 bits per heavy atom. The molecule has 2 bridgehead atoms. The van der Waals surface area contributed by atoms with Crippen molar-refractivity contribution >= 4 is 10.9 Å². The van der Waals surface area contributed by atoms with E-state index in [1.54, 1.807) is 0 Å². The molecule has 7 heteroatoms. The lowest BCUT2D eigenvalue weighted by atomic mass is 9.71. The number of para-hydroxylation sites is 1. The van der Waals surface area contributed by atoms with Gasteiger partial charge in [0.1, 0.15) is 18.7 Å². The molecule has 4 heterocycles. The first-order valence-corrected chi connectivity index (χ1v) is 17.7. The summed E-state index contributed by atoms with van der Waals surface area (Å²) in [6.07, 6.45) is -1.20. The number of pyridine rings is 1. The van der Waals surface area contributed by atoms with Gasteiger partial charge in [0.25, 0.3) is 0 Å². The molecule has 0 saturated carbocycles. The first-order chi connectivity index (χ1) is 24.7. The maximum absolute atomic E-state index is 13.4. The number of aliphatic hydroxyl groups is 1. The van der Waals surface area contributed by atoms with E-state index in [0.29, 0.717) is 28.6 Å². The number of hydrogen-bond acceptors (Lipinski definition) is 2. The highest BCUT2D eigenvalue weighted by Gasteiger charge is 2.54. The van der Waals surface area contributed by atoms with Crippen molar-refractivity contribution in [2.45, 2.75) is 37.7 Å². The van der Waals surface area contributed by atoms with E-state index in [4.69, 9.17) is 4.98 Å². The third-order valence-electron chi connectivity index (χ3n) is 11.3. The predicted octanol–water partition coefficient (Wildman–Crippen LogP) is 7.90. The standard InChI is InChI=1S/C45H40F3N2O.BrH/c1-2-31-29-50(28-30-23-36(32-11-5-3-6-12-32)25-37(24-30)33-13-7-4-8-14-33)22-21-35(31)26-43(50)44(51)40-27-42(49-41-16-10-9-15-39(40)41)34-17-19-38(20-18-34)45(46,47)48;/h2-20,23-25,27,31,35,43-44,51H,1,21-22,26,28-29H2;1H/q+1;/p-1/t31-,35-,43+,44-,50+;/m0./s1. The Balaban J connectivity index is 0.00000420. The highest BCUT2D eigenvalue weighted by molar-refractivity contribution is 5.85. The number of nitrogens with zero attached hydrogens (tertiary/aromatic N) is 2. The average Bonchev–Trinajstić information content (AvgIpc) is 3.17. The van der Waals surface area contributed by atoms with Crippen molar-refractivity contribution in [3.8, 4) is 33.5 Å². The van der Waals surface area contributed by atoms with Crippen molar-refractivity contribution in [1.82, 2.24) is 4.98 Å². The van der Waals surface area contributed by atoms with Crippen LogP contribution in [0.2, 0.25) is 0 Å². The van der Waals surface area contributed by atoms with Crippen molar-refractivity contribution in [3.05, 3.63) is 163 Å². The van der Waals surface area contributed by atoms with E-state index in [-0.39, 0.29) is 23.0 Å². The molecule has 0 aliphatic carbocycles. The van der Waals surface area contributed by atoms with Gasteiger partial charge in [-0.3, -0.25) is 0 Å². The lowest BCUT2D eigenvalue weighted by molar-refractivity contribution is -0.984. The number of benzene rings is 5. The van der Waals surface area contributed by atoms with E-state index >= 15 is 0 Å². The van der Waals surface area contributed by atoms with Crippen LogP contribution in [0.4, 0.5) is 13.2 Å². The number of aliphatic hydroxyl groups excluding tert-OH is 1. The molecule has 264 valence electrons. The van der Waals surface area contributed by atoms with Gasteiger partial charge in [-0.1, -0.05) is 97.1 Å². The van der Waals surface area contributed by atoms with Gasteiger partial charge < -0.3 is 26.6 Å². The molecular formula is C45H40BrF3N2O. The molecule has 0 amide bonds. The van der Waals surface area contributed by atoms with Gasteiger partial charge in [-0.25, -0.2) is 4.98 Å². The maximum Gasteiger partial charge on any atom is 0.416 e. The van der Waals surface area contributed by atoms with Crippen LogP contribution < -0.4 is 17.0 Å². The molecule has 1 N–H and O–H groups in total. The van der Waals surface area contributed by atoms with Gasteiger partial charge in [0.05, 0.1) is 29.9 Å². The summed E-state index contributed by atoms with van der Waals surface area (Å²) in [5.74, 6) is 0.783. The van der Waals surface area contributed by atoms with E-state index in [1.807, 2.05) is 42.5 Å². The Kier molecular flexibility index (Phi) is 9.96. The molecule has 52 heavy (non-hydrogen) atoms. The Morgan fingerprint density at radius 1 is 0.769 bits per heavy atom. The molecule has 0 radical (unpaired) electrons. The number of rotatable bonds is 8. The van der Waals surface area contributed by atoms with Gasteiger partial charge in [-0.05, 0) is 76.2 Å². The van der Waals surface area contributed by atoms with E-state index < -0.39 is 17.8 Å². The highest BCUT2D eigenvalue weighted by atomic mass is 79.9. The normalized spacial score (nSPS) is 21.7. The largest absolute Gasteiger partial charge is 1.00 e. The summed E-state index contributed by atoms with van der Waals surface area (Å²) in [6, 6.07) is 42.5. The van der Waals surface area contributed by atoms with Gasteiger partial charge in [0.15, 0.2) is 0 Å². The third kappa shape index (κ3) is 6.85. The summed E-state index contributed by atoms with van der Waals surface area (Å²) < 4.78 is 40.9. The SMILES string of the molecule is C=C[C@H]1C[N@+]2(Cc3cc(-c4ccccc4)cc(-c4ccccc4)c3)CC[C@H]1C[C@@H]2[C@@H](O)c1cc(-c2ccc(C(F)(F)F)cc2)nc2ccccc12.[Br-]. The number of hydrogen-bond donors (Lipinski definition) is 1. The molecule has 1 aromatic heterocycles. The zero-order valence-electron chi connectivity index (χ0n) is 28.7. The summed E-state index contributed by atoms with van der Waals surface area (Å²) in [5.41, 5.74) is 7.77. The summed E-state index contributed by atoms with van der Waals surface area (Å²) in [5, 5.41) is 13.5. The molecule has 3 saturated heterocycles. The fourth-order valence-corrected chi connectivity index (χ4v) is 8.75. The Morgan fingerprint density at radius 3 is 2.00 bits per heavy atom. The fourth-order valence-electron chi connectivity index (χ4n) is 8.75. The van der Waals surface area contributed by atoms with Crippen LogP contribution in [-0.2, 0) is 12.7 Å². The number of alkyl halides is 3. The van der Waals surface area contributed by atoms with Crippen LogP contribution in [0.15, 0.2) is 146 Å². The summed E-state index contributed by atoms with van der Waals surface area (Å²) in [7, 11) is 0. The quantitative estimate of drug-likeness (QED) is 0.127. The Labute approximate surface area is 313 Å². The van der Waals surface area contributed by atoms with Crippen LogP contribution in [0.5, 0.6) is 0 Å². The van der Waals surface area contributed by atoms with E-state index in [9.17, 15) is 18.3 Å². The van der Waals surface area contributed by atoms with Crippen molar-refractivity contribution in [2.24, 2.45) is 11.8 Å². The first kappa shape index (κ1) is 35.8. The number of quaternary nitrogens is 1. The molecule has 3 aliphatic heterocycles. The van der Waals surface area contributed by atoms with Crippen molar-refractivity contribution in [1.29, 1.82) is 0 Å². The second-order valence-electron chi connectivity index (χ2n) is 14.3. The van der Waals surface area contributed by atoms with E-state index in [2.05, 4.69) is 79.4 Å². The molecule has 5 aromatic carbocycles. The molecule has 0 spiro atoms. The lowest BCUT2D eigenvalue weighted by Gasteiger charge is -2.58. The Bertz CT molecular complexity index is 2130. The highest BCUT2D eigenvalue weighted by Crippen LogP contribution is 2.49. The topological polar surface area (TPSA) is 33.1 Å². The number of aromatic nitrogens is 1. The minimum absolute atomic E-state index is 0. The summed E-state index contributed by atoms with van der Waals surface area (Å²) in [4.78, 5) is 4.85. The van der Waals surface area contributed by atoms with Gasteiger partial charge in [0, 0.05) is 35.3 Å². The zero-order chi connectivity index (χ0) is 35.2. The maximum atomic E-state index is 13.4. The summed E-state index contributed by atoms with van der Waals surface area (Å²) >= 11 is 0. The minimum atomic E-state index is -4.42. The molecule has 3 nitrogen and oxygen atoms in total. The van der Waals surface area contributed by atoms with Crippen LogP contribution in [0, 0.1) is 11.8 Å². The van der Waals surface area contributed by atoms with E-state index in [1.165, 1.54) is 17.7 Å². The van der Waals surface area contributed by atoms with Crippen LogP contribution in [0.25, 0.3) is 44.4 Å². The second-order valence-corrected chi connectivity index (χ2v) is 14.3.